The van der Waals surface area contributed by atoms with Gasteiger partial charge in [0.15, 0.2) is 5.78 Å². The number of phenols is 1. The predicted molar refractivity (Wildman–Crippen MR) is 78.4 cm³/mol. The summed E-state index contributed by atoms with van der Waals surface area (Å²) in [5.74, 6) is 1.73. The van der Waals surface area contributed by atoms with Crippen LogP contribution in [0.3, 0.4) is 0 Å². The highest BCUT2D eigenvalue weighted by Gasteiger charge is 2.55. The third-order valence-corrected chi connectivity index (χ3v) is 6.30. The van der Waals surface area contributed by atoms with Crippen LogP contribution < -0.4 is 0 Å². The molecule has 2 fully saturated rings. The summed E-state index contributed by atoms with van der Waals surface area (Å²) in [6.07, 6.45) is 4.08. The van der Waals surface area contributed by atoms with Crippen molar-refractivity contribution in [3.05, 3.63) is 29.3 Å². The first-order valence-corrected chi connectivity index (χ1v) is 7.90. The molecule has 0 aromatic heterocycles. The second-order valence-electron chi connectivity index (χ2n) is 7.19. The molecule has 0 heterocycles. The van der Waals surface area contributed by atoms with E-state index in [-0.39, 0.29) is 16.9 Å². The Morgan fingerprint density at radius 3 is 2.86 bits per heavy atom. The Morgan fingerprint density at radius 2 is 2.05 bits per heavy atom. The van der Waals surface area contributed by atoms with Crippen LogP contribution in [-0.4, -0.2) is 16.7 Å². The molecule has 3 nitrogen and oxygen atoms in total. The van der Waals surface area contributed by atoms with Crippen molar-refractivity contribution < 1.29 is 14.7 Å². The van der Waals surface area contributed by atoms with Crippen LogP contribution in [-0.2, 0) is 4.79 Å². The molecule has 0 radical (unpaired) electrons. The number of ketones is 2. The lowest BCUT2D eigenvalue weighted by Crippen LogP contribution is -2.43. The van der Waals surface area contributed by atoms with Crippen molar-refractivity contribution in [3.8, 4) is 5.75 Å². The van der Waals surface area contributed by atoms with E-state index in [2.05, 4.69) is 6.92 Å². The fourth-order valence-corrected chi connectivity index (χ4v) is 5.16. The van der Waals surface area contributed by atoms with E-state index < -0.39 is 0 Å². The molecule has 0 aliphatic heterocycles. The van der Waals surface area contributed by atoms with Crippen LogP contribution >= 0.6 is 0 Å². The minimum Gasteiger partial charge on any atom is -0.508 e. The zero-order chi connectivity index (χ0) is 14.8. The topological polar surface area (TPSA) is 54.4 Å². The highest BCUT2D eigenvalue weighted by Crippen LogP contribution is 2.59. The van der Waals surface area contributed by atoms with Crippen LogP contribution in [0.4, 0.5) is 0 Å². The fourth-order valence-electron chi connectivity index (χ4n) is 5.16. The van der Waals surface area contributed by atoms with Gasteiger partial charge in [-0.15, -0.1) is 0 Å². The summed E-state index contributed by atoms with van der Waals surface area (Å²) in [6, 6.07) is 5.21. The summed E-state index contributed by atoms with van der Waals surface area (Å²) in [7, 11) is 0. The lowest BCUT2D eigenvalue weighted by atomic mass is 9.55. The van der Waals surface area contributed by atoms with Gasteiger partial charge in [-0.05, 0) is 54.7 Å². The largest absolute Gasteiger partial charge is 0.508 e. The SMILES string of the molecule is C[C@]12CC[C@H]3c4ccc(O)cc4C(=O)C[C@H]3[C@H]1CCC2=O. The van der Waals surface area contributed by atoms with Crippen molar-refractivity contribution in [2.24, 2.45) is 17.3 Å². The highest BCUT2D eigenvalue weighted by molar-refractivity contribution is 5.99. The Kier molecular flexibility index (Phi) is 2.60. The average Bonchev–Trinajstić information content (AvgIpc) is 2.76. The number of hydrogen-bond acceptors (Lipinski definition) is 3. The molecule has 0 bridgehead atoms. The van der Waals surface area contributed by atoms with E-state index in [1.807, 2.05) is 6.07 Å². The van der Waals surface area contributed by atoms with Crippen LogP contribution in [0.15, 0.2) is 18.2 Å². The maximum absolute atomic E-state index is 12.5. The predicted octanol–water partition coefficient (Wildman–Crippen LogP) is 3.46. The Morgan fingerprint density at radius 1 is 1.24 bits per heavy atom. The van der Waals surface area contributed by atoms with Gasteiger partial charge in [-0.3, -0.25) is 9.59 Å². The van der Waals surface area contributed by atoms with Crippen molar-refractivity contribution in [1.82, 2.24) is 0 Å². The lowest BCUT2D eigenvalue weighted by molar-refractivity contribution is -0.129. The van der Waals surface area contributed by atoms with Gasteiger partial charge in [0, 0.05) is 23.8 Å². The molecule has 4 atom stereocenters. The second kappa shape index (κ2) is 4.19. The van der Waals surface area contributed by atoms with Crippen molar-refractivity contribution in [2.45, 2.75) is 44.9 Å². The molecule has 0 amide bonds. The van der Waals surface area contributed by atoms with Crippen molar-refractivity contribution in [3.63, 3.8) is 0 Å². The molecule has 3 aliphatic rings. The molecule has 0 spiro atoms. The van der Waals surface area contributed by atoms with Crippen molar-refractivity contribution in [2.75, 3.05) is 0 Å². The van der Waals surface area contributed by atoms with Crippen LogP contribution in [0.5, 0.6) is 5.75 Å². The van der Waals surface area contributed by atoms with E-state index in [1.165, 1.54) is 0 Å². The third-order valence-electron chi connectivity index (χ3n) is 6.30. The number of fused-ring (bicyclic) bond motifs is 5. The fraction of sp³-hybridized carbons (Fsp3) is 0.556. The molecule has 3 heteroatoms. The first-order valence-electron chi connectivity index (χ1n) is 7.90. The first-order chi connectivity index (χ1) is 10.0. The number of phenolic OH excluding ortho intramolecular Hbond substituents is 1. The third kappa shape index (κ3) is 1.66. The zero-order valence-electron chi connectivity index (χ0n) is 12.3. The molecule has 21 heavy (non-hydrogen) atoms. The van der Waals surface area contributed by atoms with E-state index in [0.717, 1.165) is 24.8 Å². The van der Waals surface area contributed by atoms with Gasteiger partial charge in [-0.1, -0.05) is 13.0 Å². The molecule has 110 valence electrons. The van der Waals surface area contributed by atoms with E-state index in [0.29, 0.717) is 41.9 Å². The minimum atomic E-state index is -0.199. The number of aromatic hydroxyl groups is 1. The summed E-state index contributed by atoms with van der Waals surface area (Å²) < 4.78 is 0. The summed E-state index contributed by atoms with van der Waals surface area (Å²) in [5.41, 5.74) is 1.59. The highest BCUT2D eigenvalue weighted by atomic mass is 16.3. The maximum atomic E-state index is 12.5. The second-order valence-corrected chi connectivity index (χ2v) is 7.19. The van der Waals surface area contributed by atoms with Crippen molar-refractivity contribution >= 4 is 11.6 Å². The smallest absolute Gasteiger partial charge is 0.163 e. The molecule has 0 unspecified atom stereocenters. The molecule has 3 aliphatic carbocycles. The Balaban J connectivity index is 1.78. The van der Waals surface area contributed by atoms with Gasteiger partial charge in [-0.2, -0.15) is 0 Å². The number of rotatable bonds is 0. The molecule has 0 saturated heterocycles. The van der Waals surface area contributed by atoms with Gasteiger partial charge in [-0.25, -0.2) is 0 Å². The monoisotopic (exact) mass is 284 g/mol. The van der Waals surface area contributed by atoms with E-state index in [4.69, 9.17) is 0 Å². The minimum absolute atomic E-state index is 0.130. The Hall–Kier alpha value is -1.64. The molecular formula is C18H20O3. The molecule has 1 N–H and O–H groups in total. The van der Waals surface area contributed by atoms with Crippen LogP contribution in [0.25, 0.3) is 0 Å². The molecule has 1 aromatic rings. The van der Waals surface area contributed by atoms with Gasteiger partial charge in [0.25, 0.3) is 0 Å². The van der Waals surface area contributed by atoms with E-state index in [9.17, 15) is 14.7 Å². The summed E-state index contributed by atoms with van der Waals surface area (Å²) in [4.78, 5) is 24.7. The summed E-state index contributed by atoms with van der Waals surface area (Å²) >= 11 is 0. The zero-order valence-corrected chi connectivity index (χ0v) is 12.3. The average molecular weight is 284 g/mol. The van der Waals surface area contributed by atoms with Gasteiger partial charge in [0.2, 0.25) is 0 Å². The van der Waals surface area contributed by atoms with Gasteiger partial charge in [0.05, 0.1) is 0 Å². The molecule has 2 saturated carbocycles. The molecule has 4 rings (SSSR count). The van der Waals surface area contributed by atoms with Crippen LogP contribution in [0.1, 0.15) is 60.9 Å². The number of hydrogen-bond donors (Lipinski definition) is 1. The van der Waals surface area contributed by atoms with Gasteiger partial charge in [0.1, 0.15) is 11.5 Å². The number of Topliss-reactive ketones (excluding diaryl/α,β-unsaturated/α-hetero) is 2. The molecule has 1 aromatic carbocycles. The number of carbonyl (C=O) groups excluding carboxylic acids is 2. The van der Waals surface area contributed by atoms with E-state index >= 15 is 0 Å². The molecular weight excluding hydrogens is 264 g/mol. The summed E-state index contributed by atoms with van der Waals surface area (Å²) in [6.45, 7) is 2.11. The quantitative estimate of drug-likeness (QED) is 0.793. The number of benzene rings is 1. The van der Waals surface area contributed by atoms with Crippen LogP contribution in [0.2, 0.25) is 0 Å². The van der Waals surface area contributed by atoms with Crippen molar-refractivity contribution in [1.29, 1.82) is 0 Å². The first kappa shape index (κ1) is 13.1. The number of carbonyl (C=O) groups is 2. The van der Waals surface area contributed by atoms with E-state index in [1.54, 1.807) is 12.1 Å². The van der Waals surface area contributed by atoms with Gasteiger partial charge < -0.3 is 5.11 Å². The Labute approximate surface area is 124 Å². The summed E-state index contributed by atoms with van der Waals surface area (Å²) in [5, 5.41) is 9.63. The normalized spacial score (nSPS) is 37.9. The maximum Gasteiger partial charge on any atom is 0.163 e. The standard InChI is InChI=1S/C18H20O3/c1-18-7-6-12-11-3-2-10(19)8-14(11)16(20)9-13(12)15(18)4-5-17(18)21/h2-3,8,12-13,15,19H,4-7,9H2,1H3/t12-,13+,15+,18-/m0/s1. The lowest BCUT2D eigenvalue weighted by Gasteiger charge is -2.47. The van der Waals surface area contributed by atoms with Crippen LogP contribution in [0, 0.1) is 17.3 Å². The Bertz CT molecular complexity index is 648. The van der Waals surface area contributed by atoms with Gasteiger partial charge >= 0.3 is 0 Å².